The maximum absolute atomic E-state index is 6.07. The fourth-order valence-corrected chi connectivity index (χ4v) is 3.43. The topological polar surface area (TPSA) is 42.1 Å². The molecule has 0 aliphatic carbocycles. The molecule has 0 bridgehead atoms. The number of hydrogen-bond acceptors (Lipinski definition) is 3. The Morgan fingerprint density at radius 1 is 0.778 bits per heavy atom. The Hall–Kier alpha value is -3.33. The Balaban J connectivity index is 1.75. The lowest BCUT2D eigenvalue weighted by Crippen LogP contribution is -2.22. The molecule has 2 N–H and O–H groups in total. The van der Waals surface area contributed by atoms with Gasteiger partial charge in [0.1, 0.15) is 5.82 Å². The van der Waals surface area contributed by atoms with Crippen LogP contribution < -0.4 is 10.6 Å². The van der Waals surface area contributed by atoms with Crippen LogP contribution in [-0.2, 0) is 13.1 Å². The van der Waals surface area contributed by atoms with Crippen molar-refractivity contribution in [3.8, 4) is 0 Å². The molecule has 0 saturated carbocycles. The van der Waals surface area contributed by atoms with Gasteiger partial charge in [-0.3, -0.25) is 0 Å². The second-order valence-corrected chi connectivity index (χ2v) is 6.88. The number of pyridine rings is 1. The fourth-order valence-electron chi connectivity index (χ4n) is 3.43. The minimum absolute atomic E-state index is 0.583. The van der Waals surface area contributed by atoms with E-state index in [1.54, 1.807) is 0 Å². The summed E-state index contributed by atoms with van der Waals surface area (Å²) < 4.78 is 0. The predicted octanol–water partition coefficient (Wildman–Crippen LogP) is 5.33. The second-order valence-electron chi connectivity index (χ2n) is 6.88. The van der Waals surface area contributed by atoms with Crippen LogP contribution in [0.5, 0.6) is 0 Å². The largest absolute Gasteiger partial charge is 0.383 e. The van der Waals surface area contributed by atoms with Gasteiger partial charge in [-0.1, -0.05) is 60.7 Å². The number of aromatic nitrogens is 1. The van der Waals surface area contributed by atoms with Crippen molar-refractivity contribution in [1.82, 2.24) is 4.98 Å². The number of fused-ring (bicyclic) bond motifs is 1. The molecule has 134 valence electrons. The first-order chi connectivity index (χ1) is 13.2. The van der Waals surface area contributed by atoms with Crippen LogP contribution in [0.3, 0.4) is 0 Å². The number of nitrogens with zero attached hydrogens (tertiary/aromatic N) is 2. The monoisotopic (exact) mass is 353 g/mol. The van der Waals surface area contributed by atoms with Crippen LogP contribution in [0.4, 0.5) is 11.5 Å². The molecule has 0 aliphatic heterocycles. The number of rotatable bonds is 5. The van der Waals surface area contributed by atoms with Gasteiger partial charge < -0.3 is 10.6 Å². The Morgan fingerprint density at radius 3 is 1.96 bits per heavy atom. The Bertz CT molecular complexity index is 1000. The highest BCUT2D eigenvalue weighted by Gasteiger charge is 2.11. The van der Waals surface area contributed by atoms with Crippen LogP contribution in [0.25, 0.3) is 10.8 Å². The summed E-state index contributed by atoms with van der Waals surface area (Å²) in [6.45, 7) is 3.78. The van der Waals surface area contributed by atoms with Gasteiger partial charge in [0.05, 0.1) is 0 Å². The Morgan fingerprint density at radius 2 is 1.37 bits per heavy atom. The zero-order valence-corrected chi connectivity index (χ0v) is 15.5. The molecule has 0 fully saturated rings. The van der Waals surface area contributed by atoms with Crippen molar-refractivity contribution in [2.75, 3.05) is 10.6 Å². The summed E-state index contributed by atoms with van der Waals surface area (Å²) in [5, 5.41) is 2.17. The molecule has 3 aromatic carbocycles. The molecule has 0 radical (unpaired) electrons. The summed E-state index contributed by atoms with van der Waals surface area (Å²) >= 11 is 0. The SMILES string of the molecule is Cc1cnc(N)c2ccc(N(Cc3ccccc3)Cc3ccccc3)cc12. The highest BCUT2D eigenvalue weighted by Crippen LogP contribution is 2.29. The summed E-state index contributed by atoms with van der Waals surface area (Å²) in [7, 11) is 0. The first-order valence-corrected chi connectivity index (χ1v) is 9.18. The summed E-state index contributed by atoms with van der Waals surface area (Å²) in [4.78, 5) is 6.68. The summed E-state index contributed by atoms with van der Waals surface area (Å²) in [5.41, 5.74) is 11.0. The van der Waals surface area contributed by atoms with Crippen molar-refractivity contribution < 1.29 is 0 Å². The van der Waals surface area contributed by atoms with E-state index < -0.39 is 0 Å². The Kier molecular flexibility index (Phi) is 4.75. The van der Waals surface area contributed by atoms with Gasteiger partial charge in [0.2, 0.25) is 0 Å². The van der Waals surface area contributed by atoms with Gasteiger partial charge in [0.25, 0.3) is 0 Å². The van der Waals surface area contributed by atoms with E-state index >= 15 is 0 Å². The van der Waals surface area contributed by atoms with Gasteiger partial charge in [-0.15, -0.1) is 0 Å². The van der Waals surface area contributed by atoms with E-state index in [1.807, 2.05) is 6.20 Å². The highest BCUT2D eigenvalue weighted by molar-refractivity contribution is 5.95. The predicted molar refractivity (Wildman–Crippen MR) is 114 cm³/mol. The van der Waals surface area contributed by atoms with E-state index in [-0.39, 0.29) is 0 Å². The van der Waals surface area contributed by atoms with Crippen LogP contribution in [0.2, 0.25) is 0 Å². The minimum Gasteiger partial charge on any atom is -0.383 e. The third-order valence-electron chi connectivity index (χ3n) is 4.90. The lowest BCUT2D eigenvalue weighted by atomic mass is 10.1. The van der Waals surface area contributed by atoms with Crippen molar-refractivity contribution >= 4 is 22.3 Å². The zero-order chi connectivity index (χ0) is 18.6. The van der Waals surface area contributed by atoms with Crippen LogP contribution in [0.15, 0.2) is 85.1 Å². The number of aryl methyl sites for hydroxylation is 1. The maximum Gasteiger partial charge on any atom is 0.131 e. The number of benzene rings is 3. The van der Waals surface area contributed by atoms with Crippen LogP contribution >= 0.6 is 0 Å². The molecule has 4 rings (SSSR count). The lowest BCUT2D eigenvalue weighted by Gasteiger charge is -2.26. The summed E-state index contributed by atoms with van der Waals surface area (Å²) in [6, 6.07) is 27.6. The number of hydrogen-bond donors (Lipinski definition) is 1. The van der Waals surface area contributed by atoms with E-state index in [0.29, 0.717) is 5.82 Å². The molecular formula is C24H23N3. The zero-order valence-electron chi connectivity index (χ0n) is 15.5. The van der Waals surface area contributed by atoms with Gasteiger partial charge >= 0.3 is 0 Å². The maximum atomic E-state index is 6.07. The summed E-state index contributed by atoms with van der Waals surface area (Å²) in [6.07, 6.45) is 1.85. The van der Waals surface area contributed by atoms with Gasteiger partial charge in [-0.05, 0) is 47.2 Å². The normalized spacial score (nSPS) is 10.9. The molecule has 1 aromatic heterocycles. The molecule has 1 heterocycles. The number of nitrogen functional groups attached to an aromatic ring is 1. The van der Waals surface area contributed by atoms with Crippen molar-refractivity contribution in [1.29, 1.82) is 0 Å². The van der Waals surface area contributed by atoms with Crippen LogP contribution in [0, 0.1) is 6.92 Å². The van der Waals surface area contributed by atoms with Crippen LogP contribution in [-0.4, -0.2) is 4.98 Å². The third kappa shape index (κ3) is 3.77. The molecule has 0 saturated heterocycles. The molecule has 0 unspecified atom stereocenters. The minimum atomic E-state index is 0.583. The number of anilines is 2. The van der Waals surface area contributed by atoms with Crippen molar-refractivity contribution in [3.05, 3.63) is 102 Å². The van der Waals surface area contributed by atoms with Gasteiger partial charge in [-0.25, -0.2) is 4.98 Å². The van der Waals surface area contributed by atoms with Gasteiger partial charge in [-0.2, -0.15) is 0 Å². The summed E-state index contributed by atoms with van der Waals surface area (Å²) in [5.74, 6) is 0.583. The van der Waals surface area contributed by atoms with Crippen molar-refractivity contribution in [2.45, 2.75) is 20.0 Å². The fraction of sp³-hybridized carbons (Fsp3) is 0.125. The van der Waals surface area contributed by atoms with E-state index in [4.69, 9.17) is 5.73 Å². The van der Waals surface area contributed by atoms with Crippen LogP contribution in [0.1, 0.15) is 16.7 Å². The molecule has 0 aliphatic rings. The molecule has 0 atom stereocenters. The van der Waals surface area contributed by atoms with E-state index in [9.17, 15) is 0 Å². The average Bonchev–Trinajstić information content (AvgIpc) is 2.72. The Labute approximate surface area is 160 Å². The quantitative estimate of drug-likeness (QED) is 0.527. The first kappa shape index (κ1) is 17.1. The average molecular weight is 353 g/mol. The lowest BCUT2D eigenvalue weighted by molar-refractivity contribution is 0.801. The molecule has 0 spiro atoms. The van der Waals surface area contributed by atoms with E-state index in [0.717, 1.165) is 29.4 Å². The van der Waals surface area contributed by atoms with Gasteiger partial charge in [0, 0.05) is 30.4 Å². The molecule has 3 heteroatoms. The molecule has 4 aromatic rings. The third-order valence-corrected chi connectivity index (χ3v) is 4.90. The molecular weight excluding hydrogens is 330 g/mol. The number of nitrogens with two attached hydrogens (primary N) is 1. The molecule has 3 nitrogen and oxygen atoms in total. The molecule has 27 heavy (non-hydrogen) atoms. The second kappa shape index (κ2) is 7.50. The first-order valence-electron chi connectivity index (χ1n) is 9.18. The van der Waals surface area contributed by atoms with Gasteiger partial charge in [0.15, 0.2) is 0 Å². The van der Waals surface area contributed by atoms with E-state index in [2.05, 4.69) is 95.7 Å². The smallest absolute Gasteiger partial charge is 0.131 e. The highest BCUT2D eigenvalue weighted by atomic mass is 15.1. The standard InChI is InChI=1S/C24H23N3/c1-18-15-26-24(25)22-13-12-21(14-23(18)22)27(16-19-8-4-2-5-9-19)17-20-10-6-3-7-11-20/h2-15H,16-17H2,1H3,(H2,25,26). The van der Waals surface area contributed by atoms with E-state index in [1.165, 1.54) is 16.8 Å². The van der Waals surface area contributed by atoms with Crippen molar-refractivity contribution in [3.63, 3.8) is 0 Å². The molecule has 0 amide bonds. The van der Waals surface area contributed by atoms with Crippen molar-refractivity contribution in [2.24, 2.45) is 0 Å².